The Morgan fingerprint density at radius 1 is 1.07 bits per heavy atom. The van der Waals surface area contributed by atoms with Crippen LogP contribution in [-0.4, -0.2) is 59.4 Å². The summed E-state index contributed by atoms with van der Waals surface area (Å²) >= 11 is 1.35. The molecule has 10 heteroatoms. The van der Waals surface area contributed by atoms with E-state index in [1.807, 2.05) is 47.2 Å². The Labute approximate surface area is 241 Å². The third-order valence-electron chi connectivity index (χ3n) is 6.91. The summed E-state index contributed by atoms with van der Waals surface area (Å²) in [6, 6.07) is 13.9. The SMILES string of the molecule is C.CCCCCNC(=O)CN(CC(=O)N(C)N1Cc2ccccc2C1)c1ccc(-c2nc(C(N)=O)cs2)cc1C. The summed E-state index contributed by atoms with van der Waals surface area (Å²) < 4.78 is 0. The predicted molar refractivity (Wildman–Crippen MR) is 161 cm³/mol. The first kappa shape index (κ1) is 30.8. The van der Waals surface area contributed by atoms with Gasteiger partial charge in [-0.05, 0) is 48.2 Å². The van der Waals surface area contributed by atoms with Gasteiger partial charge in [0.25, 0.3) is 11.8 Å². The number of amides is 3. The molecule has 0 saturated heterocycles. The lowest BCUT2D eigenvalue weighted by molar-refractivity contribution is -0.145. The van der Waals surface area contributed by atoms with Crippen molar-refractivity contribution in [2.45, 2.75) is 53.6 Å². The van der Waals surface area contributed by atoms with Crippen LogP contribution >= 0.6 is 11.3 Å². The molecule has 0 aliphatic carbocycles. The molecule has 0 bridgehead atoms. The zero-order valence-corrected chi connectivity index (χ0v) is 23.6. The molecule has 9 nitrogen and oxygen atoms in total. The monoisotopic (exact) mass is 564 g/mol. The number of rotatable bonds is 12. The highest BCUT2D eigenvalue weighted by Crippen LogP contribution is 2.30. The first-order valence-electron chi connectivity index (χ1n) is 13.2. The van der Waals surface area contributed by atoms with Crippen molar-refractivity contribution in [1.29, 1.82) is 0 Å². The Morgan fingerprint density at radius 3 is 2.38 bits per heavy atom. The second-order valence-electron chi connectivity index (χ2n) is 9.83. The molecule has 2 aromatic carbocycles. The summed E-state index contributed by atoms with van der Waals surface area (Å²) in [4.78, 5) is 44.0. The Kier molecular flexibility index (Phi) is 10.8. The number of aryl methyl sites for hydroxylation is 1. The zero-order chi connectivity index (χ0) is 27.9. The van der Waals surface area contributed by atoms with Gasteiger partial charge >= 0.3 is 0 Å². The van der Waals surface area contributed by atoms with E-state index in [-0.39, 0.29) is 38.0 Å². The van der Waals surface area contributed by atoms with Crippen LogP contribution in [0.3, 0.4) is 0 Å². The number of nitrogens with zero attached hydrogens (tertiary/aromatic N) is 4. The fourth-order valence-electron chi connectivity index (χ4n) is 4.67. The molecule has 4 rings (SSSR count). The summed E-state index contributed by atoms with van der Waals surface area (Å²) in [5, 5.41) is 8.99. The predicted octanol–water partition coefficient (Wildman–Crippen LogP) is 4.36. The van der Waals surface area contributed by atoms with Crippen LogP contribution in [0, 0.1) is 6.92 Å². The molecule has 3 aromatic rings. The summed E-state index contributed by atoms with van der Waals surface area (Å²) in [5.74, 6) is -0.786. The molecule has 0 radical (unpaired) electrons. The number of benzene rings is 2. The van der Waals surface area contributed by atoms with Crippen LogP contribution in [0.4, 0.5) is 5.69 Å². The van der Waals surface area contributed by atoms with Gasteiger partial charge < -0.3 is 16.0 Å². The number of anilines is 1. The Balaban J connectivity index is 0.00000441. The van der Waals surface area contributed by atoms with Crippen molar-refractivity contribution >= 4 is 34.7 Å². The van der Waals surface area contributed by atoms with Crippen LogP contribution < -0.4 is 16.0 Å². The number of hydrogen-bond acceptors (Lipinski definition) is 7. The van der Waals surface area contributed by atoms with Crippen LogP contribution in [0.2, 0.25) is 0 Å². The molecule has 0 saturated carbocycles. The maximum absolute atomic E-state index is 13.5. The maximum atomic E-state index is 13.5. The minimum absolute atomic E-state index is 0. The number of carbonyl (C=O) groups excluding carboxylic acids is 3. The number of hydrazine groups is 1. The molecule has 1 aliphatic rings. The lowest BCUT2D eigenvalue weighted by Crippen LogP contribution is -2.48. The van der Waals surface area contributed by atoms with Crippen molar-refractivity contribution < 1.29 is 14.4 Å². The molecular formula is C30H40N6O3S. The lowest BCUT2D eigenvalue weighted by atomic mass is 10.1. The van der Waals surface area contributed by atoms with Gasteiger partial charge in [-0.25, -0.2) is 9.99 Å². The van der Waals surface area contributed by atoms with Crippen molar-refractivity contribution in [2.24, 2.45) is 5.73 Å². The number of nitrogens with two attached hydrogens (primary N) is 1. The third kappa shape index (κ3) is 7.45. The van der Waals surface area contributed by atoms with Crippen LogP contribution in [0.25, 0.3) is 10.6 Å². The average molecular weight is 565 g/mol. The van der Waals surface area contributed by atoms with Crippen LogP contribution in [-0.2, 0) is 22.7 Å². The highest BCUT2D eigenvalue weighted by atomic mass is 32.1. The van der Waals surface area contributed by atoms with Gasteiger partial charge in [-0.15, -0.1) is 11.3 Å². The summed E-state index contributed by atoms with van der Waals surface area (Å²) in [5.41, 5.74) is 10.6. The standard InChI is InChI=1S/C29H36N6O3S.CH4/c1-4-5-8-13-31-26(36)17-34(18-27(37)33(3)35-15-22-9-6-7-10-23(22)16-35)25-12-11-21(14-20(25)2)29-32-24(19-39-29)28(30)38;/h6-7,9-12,14,19H,4-5,8,13,15-18H2,1-3H3,(H2,30,38)(H,31,36);1H4. The number of hydrogen-bond donors (Lipinski definition) is 2. The Hall–Kier alpha value is -3.76. The van der Waals surface area contributed by atoms with E-state index in [0.29, 0.717) is 24.6 Å². The molecule has 2 heterocycles. The van der Waals surface area contributed by atoms with E-state index >= 15 is 0 Å². The molecule has 40 heavy (non-hydrogen) atoms. The number of likely N-dealkylation sites (N-methyl/N-ethyl adjacent to an activating group) is 1. The van der Waals surface area contributed by atoms with Gasteiger partial charge in [-0.2, -0.15) is 0 Å². The minimum Gasteiger partial charge on any atom is -0.364 e. The van der Waals surface area contributed by atoms with Gasteiger partial charge in [0.2, 0.25) is 5.91 Å². The zero-order valence-electron chi connectivity index (χ0n) is 22.8. The van der Waals surface area contributed by atoms with Gasteiger partial charge in [0.15, 0.2) is 0 Å². The highest BCUT2D eigenvalue weighted by Gasteiger charge is 2.27. The molecule has 0 spiro atoms. The molecule has 3 amide bonds. The molecule has 0 fully saturated rings. The maximum Gasteiger partial charge on any atom is 0.268 e. The van der Waals surface area contributed by atoms with Gasteiger partial charge in [0, 0.05) is 43.3 Å². The lowest BCUT2D eigenvalue weighted by Gasteiger charge is -2.32. The molecule has 3 N–H and O–H groups in total. The minimum atomic E-state index is -0.564. The molecule has 1 aliphatic heterocycles. The van der Waals surface area contributed by atoms with Gasteiger partial charge in [0.1, 0.15) is 10.7 Å². The number of unbranched alkanes of at least 4 members (excludes halogenated alkanes) is 2. The van der Waals surface area contributed by atoms with Gasteiger partial charge in [-0.1, -0.05) is 51.5 Å². The van der Waals surface area contributed by atoms with E-state index in [0.717, 1.165) is 36.1 Å². The summed E-state index contributed by atoms with van der Waals surface area (Å²) in [6.07, 6.45) is 3.06. The summed E-state index contributed by atoms with van der Waals surface area (Å²) in [7, 11) is 1.78. The largest absolute Gasteiger partial charge is 0.364 e. The number of thiazole rings is 1. The second kappa shape index (κ2) is 14.0. The quantitative estimate of drug-likeness (QED) is 0.316. The van der Waals surface area contributed by atoms with Crippen molar-refractivity contribution in [1.82, 2.24) is 20.3 Å². The average Bonchev–Trinajstić information content (AvgIpc) is 3.58. The topological polar surface area (TPSA) is 112 Å². The highest BCUT2D eigenvalue weighted by molar-refractivity contribution is 7.13. The fraction of sp³-hybridized carbons (Fsp3) is 0.400. The number of aromatic nitrogens is 1. The fourth-order valence-corrected chi connectivity index (χ4v) is 5.48. The van der Waals surface area contributed by atoms with Crippen LogP contribution in [0.1, 0.15) is 60.8 Å². The van der Waals surface area contributed by atoms with E-state index in [2.05, 4.69) is 29.4 Å². The van der Waals surface area contributed by atoms with E-state index in [1.54, 1.807) is 17.4 Å². The van der Waals surface area contributed by atoms with Crippen molar-refractivity contribution in [2.75, 3.05) is 31.6 Å². The third-order valence-corrected chi connectivity index (χ3v) is 7.80. The smallest absolute Gasteiger partial charge is 0.268 e. The summed E-state index contributed by atoms with van der Waals surface area (Å²) in [6.45, 7) is 6.14. The number of fused-ring (bicyclic) bond motifs is 1. The van der Waals surface area contributed by atoms with E-state index in [1.165, 1.54) is 22.5 Å². The number of carbonyl (C=O) groups is 3. The van der Waals surface area contributed by atoms with E-state index in [4.69, 9.17) is 5.73 Å². The van der Waals surface area contributed by atoms with Crippen molar-refractivity contribution in [3.8, 4) is 10.6 Å². The van der Waals surface area contributed by atoms with E-state index < -0.39 is 5.91 Å². The van der Waals surface area contributed by atoms with Crippen LogP contribution in [0.15, 0.2) is 47.8 Å². The van der Waals surface area contributed by atoms with Gasteiger partial charge in [0.05, 0.1) is 13.1 Å². The van der Waals surface area contributed by atoms with E-state index in [9.17, 15) is 14.4 Å². The molecule has 0 atom stereocenters. The van der Waals surface area contributed by atoms with Gasteiger partial charge in [-0.3, -0.25) is 19.4 Å². The normalized spacial score (nSPS) is 12.4. The van der Waals surface area contributed by atoms with Crippen molar-refractivity contribution in [3.05, 3.63) is 70.2 Å². The van der Waals surface area contributed by atoms with Crippen LogP contribution in [0.5, 0.6) is 0 Å². The first-order chi connectivity index (χ1) is 18.8. The Bertz CT molecular complexity index is 1320. The molecule has 214 valence electrons. The number of primary amides is 1. The first-order valence-corrected chi connectivity index (χ1v) is 14.1. The Morgan fingerprint density at radius 2 is 1.77 bits per heavy atom. The molecule has 1 aromatic heterocycles. The second-order valence-corrected chi connectivity index (χ2v) is 10.7. The van der Waals surface area contributed by atoms with Crippen molar-refractivity contribution in [3.63, 3.8) is 0 Å². The molecule has 0 unspecified atom stereocenters. The number of nitrogens with one attached hydrogen (secondary N) is 1. The molecular weight excluding hydrogens is 524 g/mol.